The van der Waals surface area contributed by atoms with Crippen molar-refractivity contribution in [1.29, 1.82) is 0 Å². The fourth-order valence-electron chi connectivity index (χ4n) is 2.53. The molecule has 4 N–H and O–H groups in total. The quantitative estimate of drug-likeness (QED) is 0.730. The Hall–Kier alpha value is -1.29. The molecule has 2 rings (SSSR count). The van der Waals surface area contributed by atoms with Gasteiger partial charge in [0.2, 0.25) is 0 Å². The topological polar surface area (TPSA) is 79.1 Å². The molecule has 0 bridgehead atoms. The van der Waals surface area contributed by atoms with Crippen LogP contribution < -0.4 is 5.73 Å². The summed E-state index contributed by atoms with van der Waals surface area (Å²) in [6, 6.07) is 3.95. The highest BCUT2D eigenvalue weighted by Gasteiger charge is 2.29. The fourth-order valence-corrected chi connectivity index (χ4v) is 2.53. The van der Waals surface area contributed by atoms with Crippen LogP contribution in [0.2, 0.25) is 0 Å². The van der Waals surface area contributed by atoms with E-state index in [1.54, 1.807) is 0 Å². The Bertz CT molecular complexity index is 340. The van der Waals surface area contributed by atoms with Gasteiger partial charge in [0.15, 0.2) is 0 Å². The predicted octanol–water partition coefficient (Wildman–Crippen LogP) is 1.91. The van der Waals surface area contributed by atoms with Crippen LogP contribution >= 0.6 is 0 Å². The van der Waals surface area contributed by atoms with Gasteiger partial charge in [0.05, 0.1) is 5.92 Å². The van der Waals surface area contributed by atoms with Crippen molar-refractivity contribution in [1.82, 2.24) is 4.98 Å². The van der Waals surface area contributed by atoms with Crippen LogP contribution in [0.1, 0.15) is 37.4 Å². The van der Waals surface area contributed by atoms with E-state index in [0.717, 1.165) is 31.4 Å². The van der Waals surface area contributed by atoms with E-state index in [2.05, 4.69) is 4.98 Å². The number of carboxylic acids is 1. The van der Waals surface area contributed by atoms with Gasteiger partial charge in [-0.2, -0.15) is 0 Å². The van der Waals surface area contributed by atoms with E-state index in [0.29, 0.717) is 5.92 Å². The Balaban J connectivity index is 1.92. The molecule has 0 aliphatic heterocycles. The lowest BCUT2D eigenvalue weighted by Gasteiger charge is -2.29. The normalized spacial score (nSPS) is 27.6. The van der Waals surface area contributed by atoms with Gasteiger partial charge in [-0.15, -0.1) is 0 Å². The van der Waals surface area contributed by atoms with Crippen LogP contribution in [0.25, 0.3) is 0 Å². The van der Waals surface area contributed by atoms with E-state index >= 15 is 0 Å². The summed E-state index contributed by atoms with van der Waals surface area (Å²) in [5, 5.41) is 8.91. The summed E-state index contributed by atoms with van der Waals surface area (Å²) < 4.78 is 0. The largest absolute Gasteiger partial charge is 0.481 e. The smallest absolute Gasteiger partial charge is 0.306 e. The number of rotatable bonds is 3. The minimum atomic E-state index is -0.660. The minimum Gasteiger partial charge on any atom is -0.481 e. The second-order valence-corrected chi connectivity index (χ2v) is 4.60. The van der Waals surface area contributed by atoms with Gasteiger partial charge in [0, 0.05) is 17.9 Å². The number of carbonyl (C=O) groups is 1. The van der Waals surface area contributed by atoms with Gasteiger partial charge in [-0.3, -0.25) is 4.79 Å². The van der Waals surface area contributed by atoms with Gasteiger partial charge in [-0.05, 0) is 43.7 Å². The van der Waals surface area contributed by atoms with Crippen molar-refractivity contribution in [2.45, 2.75) is 31.7 Å². The molecule has 1 heterocycles. The molecule has 1 atom stereocenters. The van der Waals surface area contributed by atoms with Gasteiger partial charge in [-0.25, -0.2) is 0 Å². The number of H-pyrrole nitrogens is 1. The van der Waals surface area contributed by atoms with Gasteiger partial charge in [0.1, 0.15) is 0 Å². The van der Waals surface area contributed by atoms with Crippen molar-refractivity contribution in [2.75, 3.05) is 0 Å². The van der Waals surface area contributed by atoms with Crippen LogP contribution in [0.4, 0.5) is 0 Å². The maximum atomic E-state index is 10.8. The van der Waals surface area contributed by atoms with Crippen LogP contribution in [0.15, 0.2) is 18.3 Å². The summed E-state index contributed by atoms with van der Waals surface area (Å²) in [6.45, 7) is 0. The maximum Gasteiger partial charge on any atom is 0.306 e. The van der Waals surface area contributed by atoms with Crippen LogP contribution in [-0.4, -0.2) is 16.1 Å². The van der Waals surface area contributed by atoms with Gasteiger partial charge in [-0.1, -0.05) is 0 Å². The van der Waals surface area contributed by atoms with E-state index in [1.165, 1.54) is 0 Å². The van der Waals surface area contributed by atoms with Crippen LogP contribution in [0.5, 0.6) is 0 Å². The molecule has 0 spiro atoms. The summed E-state index contributed by atoms with van der Waals surface area (Å²) in [5.41, 5.74) is 7.21. The molecule has 0 amide bonds. The van der Waals surface area contributed by atoms with Crippen molar-refractivity contribution in [3.8, 4) is 0 Å². The molecule has 1 aliphatic rings. The molecule has 1 aromatic rings. The molecular formula is C12H18N2O2. The zero-order chi connectivity index (χ0) is 11.5. The minimum absolute atomic E-state index is 0.0183. The zero-order valence-electron chi connectivity index (χ0n) is 9.23. The molecule has 1 saturated carbocycles. The second kappa shape index (κ2) is 4.70. The summed E-state index contributed by atoms with van der Waals surface area (Å²) in [6.07, 6.45) is 5.22. The molecule has 1 fully saturated rings. The van der Waals surface area contributed by atoms with E-state index in [1.807, 2.05) is 18.3 Å². The van der Waals surface area contributed by atoms with Gasteiger partial charge >= 0.3 is 5.97 Å². The number of nitrogens with one attached hydrogen (secondary N) is 1. The lowest BCUT2D eigenvalue weighted by molar-refractivity contribution is -0.143. The van der Waals surface area contributed by atoms with E-state index in [4.69, 9.17) is 10.8 Å². The maximum absolute atomic E-state index is 10.8. The number of aromatic nitrogens is 1. The standard InChI is InChI=1S/C12H18N2O2/c13-11(10-2-1-7-14-10)8-3-5-9(6-4-8)12(15)16/h1-2,7-9,11,14H,3-6,13H2,(H,15,16). The van der Waals surface area contributed by atoms with Crippen molar-refractivity contribution in [2.24, 2.45) is 17.6 Å². The number of hydrogen-bond acceptors (Lipinski definition) is 2. The lowest BCUT2D eigenvalue weighted by Crippen LogP contribution is -2.28. The fraction of sp³-hybridized carbons (Fsp3) is 0.583. The third-order valence-corrected chi connectivity index (χ3v) is 3.61. The van der Waals surface area contributed by atoms with Gasteiger partial charge < -0.3 is 15.8 Å². The van der Waals surface area contributed by atoms with Crippen molar-refractivity contribution < 1.29 is 9.90 Å². The number of aliphatic carboxylic acids is 1. The second-order valence-electron chi connectivity index (χ2n) is 4.60. The molecule has 1 aromatic heterocycles. The van der Waals surface area contributed by atoms with Crippen LogP contribution in [0.3, 0.4) is 0 Å². The first-order chi connectivity index (χ1) is 7.68. The lowest BCUT2D eigenvalue weighted by atomic mass is 9.78. The molecule has 0 saturated heterocycles. The third kappa shape index (κ3) is 2.27. The number of carboxylic acid groups (broad SMARTS) is 1. The highest BCUT2D eigenvalue weighted by molar-refractivity contribution is 5.70. The van der Waals surface area contributed by atoms with Crippen molar-refractivity contribution in [3.05, 3.63) is 24.0 Å². The first-order valence-corrected chi connectivity index (χ1v) is 5.80. The molecule has 0 aromatic carbocycles. The van der Waals surface area contributed by atoms with Gasteiger partial charge in [0.25, 0.3) is 0 Å². The Morgan fingerprint density at radius 1 is 1.44 bits per heavy atom. The van der Waals surface area contributed by atoms with Crippen molar-refractivity contribution in [3.63, 3.8) is 0 Å². The summed E-state index contributed by atoms with van der Waals surface area (Å²) in [5.74, 6) is -0.409. The molecule has 16 heavy (non-hydrogen) atoms. The Morgan fingerprint density at radius 2 is 2.12 bits per heavy atom. The van der Waals surface area contributed by atoms with Crippen LogP contribution in [0, 0.1) is 11.8 Å². The SMILES string of the molecule is NC(c1ccc[nH]1)C1CCC(C(=O)O)CC1. The van der Waals surface area contributed by atoms with E-state index in [-0.39, 0.29) is 12.0 Å². The Labute approximate surface area is 94.8 Å². The summed E-state index contributed by atoms with van der Waals surface area (Å²) in [4.78, 5) is 13.9. The zero-order valence-corrected chi connectivity index (χ0v) is 9.23. The Morgan fingerprint density at radius 3 is 2.62 bits per heavy atom. The van der Waals surface area contributed by atoms with Crippen molar-refractivity contribution >= 4 is 5.97 Å². The first-order valence-electron chi connectivity index (χ1n) is 5.80. The number of nitrogens with two attached hydrogens (primary N) is 1. The first kappa shape index (κ1) is 11.2. The molecular weight excluding hydrogens is 204 g/mol. The predicted molar refractivity (Wildman–Crippen MR) is 60.8 cm³/mol. The average Bonchev–Trinajstić information content (AvgIpc) is 2.81. The molecule has 4 heteroatoms. The Kier molecular flexibility index (Phi) is 3.29. The monoisotopic (exact) mass is 222 g/mol. The van der Waals surface area contributed by atoms with E-state index in [9.17, 15) is 4.79 Å². The van der Waals surface area contributed by atoms with E-state index < -0.39 is 5.97 Å². The highest BCUT2D eigenvalue weighted by Crippen LogP contribution is 2.35. The molecule has 0 radical (unpaired) electrons. The molecule has 88 valence electrons. The average molecular weight is 222 g/mol. The highest BCUT2D eigenvalue weighted by atomic mass is 16.4. The number of aromatic amines is 1. The molecule has 1 aliphatic carbocycles. The van der Waals surface area contributed by atoms with Crippen LogP contribution in [-0.2, 0) is 4.79 Å². The number of hydrogen-bond donors (Lipinski definition) is 3. The molecule has 1 unspecified atom stereocenters. The summed E-state index contributed by atoms with van der Waals surface area (Å²) in [7, 11) is 0. The third-order valence-electron chi connectivity index (χ3n) is 3.61. The molecule has 4 nitrogen and oxygen atoms in total. The summed E-state index contributed by atoms with van der Waals surface area (Å²) >= 11 is 0.